The van der Waals surface area contributed by atoms with Crippen LogP contribution in [0.25, 0.3) is 44.0 Å². The maximum absolute atomic E-state index is 8.24. The molecule has 0 spiro atoms. The SMILES string of the molecule is [2H]C(C)(C)c1ccc(-c2ncnc3c2c2ccc4ccccc4c2n3C)cc1. The maximum atomic E-state index is 8.24. The normalized spacial score (nSPS) is 12.8. The van der Waals surface area contributed by atoms with Gasteiger partial charge >= 0.3 is 0 Å². The molecule has 27 heavy (non-hydrogen) atoms. The Balaban J connectivity index is 1.84. The molecule has 0 N–H and O–H groups in total. The van der Waals surface area contributed by atoms with E-state index in [0.29, 0.717) is 0 Å². The van der Waals surface area contributed by atoms with Gasteiger partial charge in [-0.1, -0.05) is 74.5 Å². The molecular formula is C24H21N3. The second kappa shape index (κ2) is 5.92. The van der Waals surface area contributed by atoms with Gasteiger partial charge in [-0.25, -0.2) is 9.97 Å². The summed E-state index contributed by atoms with van der Waals surface area (Å²) in [6.07, 6.45) is 1.64. The van der Waals surface area contributed by atoms with Crippen LogP contribution in [-0.2, 0) is 7.05 Å². The monoisotopic (exact) mass is 352 g/mol. The van der Waals surface area contributed by atoms with E-state index in [0.717, 1.165) is 33.2 Å². The summed E-state index contributed by atoms with van der Waals surface area (Å²) in [7, 11) is 2.07. The molecule has 0 aliphatic carbocycles. The smallest absolute Gasteiger partial charge is 0.144 e. The van der Waals surface area contributed by atoms with Crippen molar-refractivity contribution in [3.63, 3.8) is 0 Å². The lowest BCUT2D eigenvalue weighted by Gasteiger charge is -2.07. The van der Waals surface area contributed by atoms with Gasteiger partial charge in [0.1, 0.15) is 12.0 Å². The van der Waals surface area contributed by atoms with E-state index in [1.807, 2.05) is 26.0 Å². The summed E-state index contributed by atoms with van der Waals surface area (Å²) in [5.74, 6) is -0.613. The molecule has 5 rings (SSSR count). The number of rotatable bonds is 2. The Morgan fingerprint density at radius 1 is 0.889 bits per heavy atom. The maximum Gasteiger partial charge on any atom is 0.144 e. The van der Waals surface area contributed by atoms with Crippen molar-refractivity contribution in [1.29, 1.82) is 0 Å². The van der Waals surface area contributed by atoms with Gasteiger partial charge in [-0.05, 0) is 16.8 Å². The summed E-state index contributed by atoms with van der Waals surface area (Å²) in [4.78, 5) is 9.23. The molecule has 0 atom stereocenters. The second-order valence-electron chi connectivity index (χ2n) is 7.24. The van der Waals surface area contributed by atoms with Crippen LogP contribution in [0.3, 0.4) is 0 Å². The van der Waals surface area contributed by atoms with Crippen molar-refractivity contribution in [3.8, 4) is 11.3 Å². The van der Waals surface area contributed by atoms with E-state index in [9.17, 15) is 0 Å². The molecule has 3 heteroatoms. The lowest BCUT2D eigenvalue weighted by molar-refractivity contribution is 0.867. The van der Waals surface area contributed by atoms with Gasteiger partial charge in [0.05, 0.1) is 16.6 Å². The number of benzene rings is 3. The lowest BCUT2D eigenvalue weighted by Crippen LogP contribution is -1.93. The Bertz CT molecular complexity index is 1340. The van der Waals surface area contributed by atoms with Crippen molar-refractivity contribution in [3.05, 3.63) is 72.6 Å². The first kappa shape index (κ1) is 14.9. The predicted octanol–water partition coefficient (Wildman–Crippen LogP) is 6.07. The molecule has 5 aromatic rings. The zero-order valence-corrected chi connectivity index (χ0v) is 15.7. The number of hydrogen-bond donors (Lipinski definition) is 0. The Morgan fingerprint density at radius 3 is 2.44 bits per heavy atom. The summed E-state index contributed by atoms with van der Waals surface area (Å²) in [6, 6.07) is 21.0. The Morgan fingerprint density at radius 2 is 1.67 bits per heavy atom. The van der Waals surface area contributed by atoms with E-state index >= 15 is 0 Å². The van der Waals surface area contributed by atoms with Crippen molar-refractivity contribution in [2.24, 2.45) is 7.05 Å². The van der Waals surface area contributed by atoms with E-state index in [1.54, 1.807) is 6.33 Å². The van der Waals surface area contributed by atoms with Gasteiger partial charge in [-0.3, -0.25) is 0 Å². The van der Waals surface area contributed by atoms with Crippen molar-refractivity contribution >= 4 is 32.7 Å². The second-order valence-corrected chi connectivity index (χ2v) is 7.24. The minimum Gasteiger partial charge on any atom is -0.328 e. The van der Waals surface area contributed by atoms with Crippen LogP contribution >= 0.6 is 0 Å². The van der Waals surface area contributed by atoms with E-state index in [2.05, 4.69) is 70.1 Å². The molecule has 0 radical (unpaired) electrons. The van der Waals surface area contributed by atoms with Crippen molar-refractivity contribution in [1.82, 2.24) is 14.5 Å². The van der Waals surface area contributed by atoms with Gasteiger partial charge in [0.2, 0.25) is 0 Å². The molecule has 0 aliphatic rings. The largest absolute Gasteiger partial charge is 0.328 e. The van der Waals surface area contributed by atoms with Gasteiger partial charge in [0.15, 0.2) is 0 Å². The van der Waals surface area contributed by atoms with Crippen LogP contribution in [-0.4, -0.2) is 14.5 Å². The third-order valence-electron chi connectivity index (χ3n) is 5.39. The molecule has 2 heterocycles. The summed E-state index contributed by atoms with van der Waals surface area (Å²) >= 11 is 0. The zero-order chi connectivity index (χ0) is 19.5. The highest BCUT2D eigenvalue weighted by Gasteiger charge is 2.17. The quantitative estimate of drug-likeness (QED) is 0.386. The van der Waals surface area contributed by atoms with E-state index in [1.165, 1.54) is 16.3 Å². The highest BCUT2D eigenvalue weighted by Crippen LogP contribution is 2.37. The van der Waals surface area contributed by atoms with Crippen molar-refractivity contribution < 1.29 is 1.37 Å². The highest BCUT2D eigenvalue weighted by atomic mass is 15.0. The fraction of sp³-hybridized carbons (Fsp3) is 0.167. The number of aryl methyl sites for hydroxylation is 1. The summed E-state index contributed by atoms with van der Waals surface area (Å²) in [5.41, 5.74) is 5.08. The van der Waals surface area contributed by atoms with Crippen LogP contribution in [0.1, 0.15) is 26.7 Å². The minimum atomic E-state index is -0.613. The molecule has 0 saturated carbocycles. The first-order valence-corrected chi connectivity index (χ1v) is 9.17. The molecule has 3 aromatic carbocycles. The van der Waals surface area contributed by atoms with Crippen LogP contribution in [0.2, 0.25) is 0 Å². The molecule has 0 unspecified atom stereocenters. The van der Waals surface area contributed by atoms with Gasteiger partial charge in [0, 0.05) is 24.8 Å². The molecule has 0 bridgehead atoms. The fourth-order valence-electron chi connectivity index (χ4n) is 3.98. The van der Waals surface area contributed by atoms with Gasteiger partial charge in [-0.2, -0.15) is 0 Å². The Labute approximate surface area is 159 Å². The molecule has 0 fully saturated rings. The predicted molar refractivity (Wildman–Crippen MR) is 113 cm³/mol. The van der Waals surface area contributed by atoms with Crippen LogP contribution in [0.5, 0.6) is 0 Å². The first-order valence-electron chi connectivity index (χ1n) is 9.67. The third kappa shape index (κ3) is 2.35. The first-order chi connectivity index (χ1) is 13.4. The number of aromatic nitrogens is 3. The standard InChI is InChI=1S/C24H21N3/c1-15(2)16-8-10-18(11-9-16)22-21-20-13-12-17-6-4-5-7-19(17)23(20)27(3)24(21)26-14-25-22/h4-15H,1-3H3/i15D. The van der Waals surface area contributed by atoms with Crippen LogP contribution in [0.4, 0.5) is 0 Å². The summed E-state index contributed by atoms with van der Waals surface area (Å²) in [6.45, 7) is 3.81. The van der Waals surface area contributed by atoms with E-state index in [4.69, 9.17) is 1.37 Å². The number of nitrogens with zero attached hydrogens (tertiary/aromatic N) is 3. The molecule has 2 aromatic heterocycles. The topological polar surface area (TPSA) is 30.7 Å². The molecule has 0 saturated heterocycles. The molecule has 0 aliphatic heterocycles. The number of hydrogen-bond acceptors (Lipinski definition) is 2. The third-order valence-corrected chi connectivity index (χ3v) is 5.39. The summed E-state index contributed by atoms with van der Waals surface area (Å²) < 4.78 is 10.4. The van der Waals surface area contributed by atoms with Gasteiger partial charge in [-0.15, -0.1) is 0 Å². The van der Waals surface area contributed by atoms with Crippen molar-refractivity contribution in [2.45, 2.75) is 19.7 Å². The van der Waals surface area contributed by atoms with Crippen LogP contribution in [0, 0.1) is 0 Å². The minimum absolute atomic E-state index is 0.613. The zero-order valence-electron chi connectivity index (χ0n) is 16.7. The average Bonchev–Trinajstić information content (AvgIpc) is 3.00. The van der Waals surface area contributed by atoms with Crippen LogP contribution in [0.15, 0.2) is 67.0 Å². The van der Waals surface area contributed by atoms with Gasteiger partial charge in [0.25, 0.3) is 0 Å². The number of fused-ring (bicyclic) bond motifs is 5. The fourth-order valence-corrected chi connectivity index (χ4v) is 3.98. The van der Waals surface area contributed by atoms with Crippen LogP contribution < -0.4 is 0 Å². The lowest BCUT2D eigenvalue weighted by atomic mass is 9.99. The molecule has 3 nitrogen and oxygen atoms in total. The van der Waals surface area contributed by atoms with Gasteiger partial charge < -0.3 is 4.57 Å². The Kier molecular flexibility index (Phi) is 3.27. The summed E-state index contributed by atoms with van der Waals surface area (Å²) in [5, 5.41) is 4.68. The molecule has 132 valence electrons. The average molecular weight is 352 g/mol. The molecular weight excluding hydrogens is 330 g/mol. The van der Waals surface area contributed by atoms with E-state index < -0.39 is 5.89 Å². The van der Waals surface area contributed by atoms with E-state index in [-0.39, 0.29) is 0 Å². The molecule has 0 amide bonds. The Hall–Kier alpha value is -3.20. The van der Waals surface area contributed by atoms with Crippen molar-refractivity contribution in [2.75, 3.05) is 0 Å². The highest BCUT2D eigenvalue weighted by molar-refractivity contribution is 6.20.